The summed E-state index contributed by atoms with van der Waals surface area (Å²) >= 11 is 0. The lowest BCUT2D eigenvalue weighted by molar-refractivity contribution is -0.148. The summed E-state index contributed by atoms with van der Waals surface area (Å²) in [6, 6.07) is 1.18. The van der Waals surface area contributed by atoms with E-state index in [0.717, 1.165) is 0 Å². The third-order valence-electron chi connectivity index (χ3n) is 15.3. The van der Waals surface area contributed by atoms with Crippen LogP contribution in [0.15, 0.2) is 24.3 Å². The van der Waals surface area contributed by atoms with Crippen molar-refractivity contribution in [2.75, 3.05) is 66.6 Å². The molecule has 1 saturated carbocycles. The van der Waals surface area contributed by atoms with Crippen LogP contribution >= 0.6 is 0 Å². The number of aliphatic carboxylic acids is 1. The highest BCUT2D eigenvalue weighted by Gasteiger charge is 2.45. The maximum atomic E-state index is 14.7. The Morgan fingerprint density at radius 3 is 1.89 bits per heavy atom. The molecule has 2 aliphatic rings. The van der Waals surface area contributed by atoms with Gasteiger partial charge in [-0.25, -0.2) is 13.2 Å². The van der Waals surface area contributed by atoms with Crippen molar-refractivity contribution in [1.29, 1.82) is 0 Å². The molecular weight excluding hydrogens is 1110 g/mol. The number of rotatable bonds is 37. The van der Waals surface area contributed by atoms with Gasteiger partial charge in [-0.1, -0.05) is 80.9 Å². The first kappa shape index (κ1) is 72.3. The summed E-state index contributed by atoms with van der Waals surface area (Å²) in [6.07, 6.45) is 0.191. The van der Waals surface area contributed by atoms with Crippen LogP contribution in [0, 0.1) is 29.6 Å². The Balaban J connectivity index is 1.64. The molecule has 1 heterocycles. The van der Waals surface area contributed by atoms with Crippen LogP contribution in [0.3, 0.4) is 0 Å². The molecule has 0 aromatic heterocycles. The average Bonchev–Trinajstić information content (AvgIpc) is 4.39. The highest BCUT2D eigenvalue weighted by Crippen LogP contribution is 2.31. The lowest BCUT2D eigenvalue weighted by Gasteiger charge is -2.41. The maximum Gasteiger partial charge on any atom is 0.410 e. The highest BCUT2D eigenvalue weighted by atomic mass is 32.2. The van der Waals surface area contributed by atoms with Crippen molar-refractivity contribution in [1.82, 2.24) is 35.4 Å². The van der Waals surface area contributed by atoms with Crippen LogP contribution in [-0.2, 0) is 78.7 Å². The van der Waals surface area contributed by atoms with Crippen LogP contribution in [0.5, 0.6) is 0 Å². The molecule has 3 rings (SSSR count). The van der Waals surface area contributed by atoms with Gasteiger partial charge in [0.25, 0.3) is 5.91 Å². The number of carbonyl (C=O) groups is 9. The number of amides is 8. The molecule has 1 unspecified atom stereocenters. The minimum Gasteiger partial charge on any atom is -0.481 e. The number of benzene rings is 1. The fourth-order valence-corrected chi connectivity index (χ4v) is 11.5. The number of ether oxygens (including phenoxy) is 5. The SMILES string of the molecule is CC[C@H](C)[C@@H]([C@@H](CC(=O)N1CCC[C@H]1[C@H](OC)[C@@H](C)C(=O)N[C@@H](CC(C)C)C(=O)NS(=O)(=O)C1CC1)OC)N(C)C(=O)[C@@H](NC(=O)C(C(C)C)N(C)C(=O)OCc1ccc(NC(=O)[C@H](C)NC(=O)CCOCCOCCC(=O)O)cc1)C(C)C. The van der Waals surface area contributed by atoms with E-state index < -0.39 is 129 Å². The molecular formula is C58H96N8O17S. The van der Waals surface area contributed by atoms with Crippen LogP contribution in [0.25, 0.3) is 0 Å². The molecule has 0 radical (unpaired) electrons. The number of hydrogen-bond acceptors (Lipinski definition) is 16. The van der Waals surface area contributed by atoms with Crippen molar-refractivity contribution < 1.29 is 80.4 Å². The second kappa shape index (κ2) is 34.9. The van der Waals surface area contributed by atoms with Gasteiger partial charge in [-0.05, 0) is 80.4 Å². The number of carboxylic acids is 1. The largest absolute Gasteiger partial charge is 0.481 e. The number of likely N-dealkylation sites (tertiary alicyclic amines) is 1. The van der Waals surface area contributed by atoms with E-state index >= 15 is 0 Å². The number of hydrogen-bond donors (Lipinski definition) is 6. The number of methoxy groups -OCH3 is 2. The number of nitrogens with zero attached hydrogens (tertiary/aromatic N) is 3. The topological polar surface area (TPSA) is 324 Å². The Morgan fingerprint density at radius 1 is 0.738 bits per heavy atom. The summed E-state index contributed by atoms with van der Waals surface area (Å²) < 4.78 is 55.5. The minimum atomic E-state index is -3.86. The van der Waals surface area contributed by atoms with Crippen LogP contribution in [0.2, 0.25) is 0 Å². The number of anilines is 1. The molecule has 10 atom stereocenters. The predicted molar refractivity (Wildman–Crippen MR) is 312 cm³/mol. The summed E-state index contributed by atoms with van der Waals surface area (Å²) in [4.78, 5) is 124. The molecule has 1 aromatic rings. The van der Waals surface area contributed by atoms with Gasteiger partial charge in [0.1, 0.15) is 30.8 Å². The van der Waals surface area contributed by atoms with Gasteiger partial charge in [-0.3, -0.25) is 48.0 Å². The minimum absolute atomic E-state index is 0.00537. The van der Waals surface area contributed by atoms with Gasteiger partial charge in [0.05, 0.1) is 74.7 Å². The van der Waals surface area contributed by atoms with E-state index in [9.17, 15) is 51.6 Å². The summed E-state index contributed by atoms with van der Waals surface area (Å²) in [6.45, 7) is 18.6. The van der Waals surface area contributed by atoms with E-state index in [2.05, 4.69) is 26.0 Å². The second-order valence-corrected chi connectivity index (χ2v) is 25.1. The van der Waals surface area contributed by atoms with E-state index in [1.165, 1.54) is 38.0 Å². The smallest absolute Gasteiger partial charge is 0.410 e. The molecule has 0 spiro atoms. The van der Waals surface area contributed by atoms with Crippen molar-refractivity contribution in [2.45, 2.75) is 187 Å². The first-order valence-corrected chi connectivity index (χ1v) is 30.8. The van der Waals surface area contributed by atoms with Crippen molar-refractivity contribution >= 4 is 69.1 Å². The summed E-state index contributed by atoms with van der Waals surface area (Å²) in [5.74, 6) is -6.46. The zero-order valence-electron chi connectivity index (χ0n) is 51.7. The van der Waals surface area contributed by atoms with E-state index in [4.69, 9.17) is 28.8 Å². The Bertz CT molecular complexity index is 2460. The number of sulfonamides is 1. The molecule has 1 aromatic carbocycles. The fraction of sp³-hybridized carbons (Fsp3) is 0.741. The number of nitrogens with one attached hydrogen (secondary N) is 5. The lowest BCUT2D eigenvalue weighted by atomic mass is 9.89. The quantitative estimate of drug-likeness (QED) is 0.0516. The summed E-state index contributed by atoms with van der Waals surface area (Å²) in [5.41, 5.74) is 0.994. The molecule has 6 N–H and O–H groups in total. The lowest BCUT2D eigenvalue weighted by Crippen LogP contribution is -2.60. The molecule has 2 fully saturated rings. The molecule has 26 heteroatoms. The normalized spacial score (nSPS) is 17.6. The van der Waals surface area contributed by atoms with Crippen LogP contribution in [-0.4, -0.2) is 197 Å². The molecule has 1 aliphatic carbocycles. The van der Waals surface area contributed by atoms with Gasteiger partial charge < -0.3 is 59.9 Å². The van der Waals surface area contributed by atoms with Gasteiger partial charge in [0.15, 0.2) is 0 Å². The molecule has 8 amide bonds. The first-order valence-electron chi connectivity index (χ1n) is 29.2. The van der Waals surface area contributed by atoms with Crippen LogP contribution < -0.4 is 26.0 Å². The molecule has 25 nitrogen and oxygen atoms in total. The molecule has 0 bridgehead atoms. The van der Waals surface area contributed by atoms with Crippen LogP contribution in [0.4, 0.5) is 10.5 Å². The summed E-state index contributed by atoms with van der Waals surface area (Å²) in [5, 5.41) is 19.0. The Hall–Kier alpha value is -5.96. The third-order valence-corrected chi connectivity index (χ3v) is 17.1. The standard InChI is InChI=1S/C58H96N8O17S/c1-15-37(8)51(45(79-13)32-47(68)66-26-16-17-44(66)52(80-14)38(9)53(71)61-43(31-34(2)3)55(73)63-84(77,78)42-22-23-42)64(11)57(75)49(35(4)5)62-56(74)50(36(6)7)65(12)58(76)83-33-40-18-20-41(21-19-40)60-54(72)39(10)59-46(67)24-27-81-29-30-82-28-25-48(69)70/h18-21,34-39,42-45,49-52H,15-17,22-33H2,1-14H3,(H,59,67)(H,60,72)(H,61,71)(H,62,74)(H,63,73)(H,69,70)/t37-,38+,39-,43-,44-,45+,49-,50?,51-,52+/m0/s1. The highest BCUT2D eigenvalue weighted by molar-refractivity contribution is 7.90. The van der Waals surface area contributed by atoms with E-state index in [0.29, 0.717) is 49.9 Å². The second-order valence-electron chi connectivity index (χ2n) is 23.2. The first-order chi connectivity index (χ1) is 39.5. The Kier molecular flexibility index (Phi) is 30.0. The van der Waals surface area contributed by atoms with E-state index in [1.807, 2.05) is 27.7 Å². The van der Waals surface area contributed by atoms with Crippen LogP contribution in [0.1, 0.15) is 133 Å². The van der Waals surface area contributed by atoms with Crippen molar-refractivity contribution in [3.05, 3.63) is 29.8 Å². The van der Waals surface area contributed by atoms with E-state index in [1.54, 1.807) is 70.8 Å². The number of carboxylic acid groups (broad SMARTS) is 1. The van der Waals surface area contributed by atoms with Crippen molar-refractivity contribution in [2.24, 2.45) is 29.6 Å². The fourth-order valence-electron chi connectivity index (χ4n) is 10.2. The zero-order chi connectivity index (χ0) is 63.2. The maximum absolute atomic E-state index is 14.7. The number of carbonyl (C=O) groups excluding carboxylic acids is 8. The zero-order valence-corrected chi connectivity index (χ0v) is 52.5. The van der Waals surface area contributed by atoms with Gasteiger partial charge >= 0.3 is 12.1 Å². The predicted octanol–water partition coefficient (Wildman–Crippen LogP) is 3.82. The van der Waals surface area contributed by atoms with Gasteiger partial charge in [-0.15, -0.1) is 0 Å². The third kappa shape index (κ3) is 22.5. The van der Waals surface area contributed by atoms with Gasteiger partial charge in [-0.2, -0.15) is 0 Å². The monoisotopic (exact) mass is 1210 g/mol. The van der Waals surface area contributed by atoms with Gasteiger partial charge in [0.2, 0.25) is 45.5 Å². The van der Waals surface area contributed by atoms with E-state index in [-0.39, 0.29) is 76.5 Å². The Labute approximate surface area is 496 Å². The summed E-state index contributed by atoms with van der Waals surface area (Å²) in [7, 11) is 2.12. The molecule has 1 saturated heterocycles. The average molecular weight is 1210 g/mol. The molecule has 84 heavy (non-hydrogen) atoms. The number of likely N-dealkylation sites (N-methyl/N-ethyl adjacent to an activating group) is 2. The van der Waals surface area contributed by atoms with Crippen molar-refractivity contribution in [3.8, 4) is 0 Å². The van der Waals surface area contributed by atoms with Gasteiger partial charge in [0, 0.05) is 47.0 Å². The molecule has 476 valence electrons. The van der Waals surface area contributed by atoms with Crippen molar-refractivity contribution in [3.63, 3.8) is 0 Å². The Morgan fingerprint density at radius 2 is 1.36 bits per heavy atom. The molecule has 1 aliphatic heterocycles.